The highest BCUT2D eigenvalue weighted by atomic mass is 35.5. The molecule has 1 unspecified atom stereocenters. The van der Waals surface area contributed by atoms with Crippen molar-refractivity contribution in [2.45, 2.75) is 32.2 Å². The third kappa shape index (κ3) is 5.46. The molecule has 2 heterocycles. The summed E-state index contributed by atoms with van der Waals surface area (Å²) in [5, 5.41) is 3.93. The van der Waals surface area contributed by atoms with E-state index in [2.05, 4.69) is 10.1 Å². The third-order valence-electron chi connectivity index (χ3n) is 4.38. The van der Waals surface area contributed by atoms with Gasteiger partial charge in [-0.15, -0.1) is 5.10 Å². The molecular weight excluding hydrogens is 501 g/mol. The van der Waals surface area contributed by atoms with Crippen LogP contribution >= 0.6 is 22.9 Å². The zero-order valence-corrected chi connectivity index (χ0v) is 18.3. The summed E-state index contributed by atoms with van der Waals surface area (Å²) >= 11 is 6.25. The average molecular weight is 515 g/mol. The lowest BCUT2D eigenvalue weighted by molar-refractivity contribution is -0.168. The lowest BCUT2D eigenvalue weighted by atomic mass is 10.0. The Morgan fingerprint density at radius 1 is 1.21 bits per heavy atom. The average Bonchev–Trinajstić information content (AvgIpc) is 3.21. The van der Waals surface area contributed by atoms with E-state index < -0.39 is 41.0 Å². The van der Waals surface area contributed by atoms with E-state index in [-0.39, 0.29) is 38.3 Å². The number of amides is 1. The highest BCUT2D eigenvalue weighted by Gasteiger charge is 2.42. The second kappa shape index (κ2) is 8.93. The normalized spacial score (nSPS) is 13.9. The maximum atomic E-state index is 13.4. The van der Waals surface area contributed by atoms with Crippen molar-refractivity contribution < 1.29 is 35.5 Å². The minimum atomic E-state index is -4.77. The standard InChI is InChI=1S/C19H14ClF7N4OS/c1-8(2)15(18(22,23)24)28-13(32)6-5-12-14(10-4-3-9(21)7-11(10)20)29-17-31(12)30-16(33-17)19(25,26)27/h3-8,15H,1-2H3,(H,28,32)/b6-5+. The number of halogens is 8. The van der Waals surface area contributed by atoms with Crippen molar-refractivity contribution in [1.82, 2.24) is 19.9 Å². The molecule has 14 heteroatoms. The van der Waals surface area contributed by atoms with Crippen LogP contribution in [0.3, 0.4) is 0 Å². The fourth-order valence-corrected chi connectivity index (χ4v) is 3.92. The smallest absolute Gasteiger partial charge is 0.341 e. The van der Waals surface area contributed by atoms with Crippen LogP contribution in [0.4, 0.5) is 30.7 Å². The summed E-state index contributed by atoms with van der Waals surface area (Å²) in [6.45, 7) is 2.54. The van der Waals surface area contributed by atoms with E-state index in [0.717, 1.165) is 28.8 Å². The van der Waals surface area contributed by atoms with Crippen LogP contribution in [-0.2, 0) is 11.0 Å². The molecule has 0 spiro atoms. The number of hydrogen-bond donors (Lipinski definition) is 1. The zero-order valence-electron chi connectivity index (χ0n) is 16.7. The molecule has 33 heavy (non-hydrogen) atoms. The van der Waals surface area contributed by atoms with Gasteiger partial charge in [0, 0.05) is 11.6 Å². The Morgan fingerprint density at radius 3 is 2.42 bits per heavy atom. The molecule has 0 radical (unpaired) electrons. The van der Waals surface area contributed by atoms with E-state index in [1.54, 1.807) is 0 Å². The molecule has 0 aliphatic rings. The van der Waals surface area contributed by atoms with Crippen LogP contribution in [-0.4, -0.2) is 32.7 Å². The topological polar surface area (TPSA) is 59.3 Å². The van der Waals surface area contributed by atoms with E-state index in [0.29, 0.717) is 0 Å². The number of carbonyl (C=O) groups is 1. The summed E-state index contributed by atoms with van der Waals surface area (Å²) in [5.41, 5.74) is -0.0685. The van der Waals surface area contributed by atoms with Crippen LogP contribution in [0.1, 0.15) is 24.5 Å². The predicted octanol–water partition coefficient (Wildman–Crippen LogP) is 5.99. The largest absolute Gasteiger partial charge is 0.445 e. The Hall–Kier alpha value is -2.67. The Balaban J connectivity index is 2.06. The van der Waals surface area contributed by atoms with Gasteiger partial charge in [-0.05, 0) is 30.2 Å². The molecule has 0 saturated heterocycles. The molecule has 2 aromatic heterocycles. The van der Waals surface area contributed by atoms with E-state index in [1.807, 2.05) is 5.32 Å². The first-order valence-electron chi connectivity index (χ1n) is 9.16. The molecule has 0 bridgehead atoms. The van der Waals surface area contributed by atoms with Gasteiger partial charge in [0.1, 0.15) is 17.6 Å². The summed E-state index contributed by atoms with van der Waals surface area (Å²) in [7, 11) is 0. The first-order chi connectivity index (χ1) is 15.2. The van der Waals surface area contributed by atoms with Gasteiger partial charge in [-0.25, -0.2) is 13.9 Å². The maximum Gasteiger partial charge on any atom is 0.445 e. The van der Waals surface area contributed by atoms with Crippen LogP contribution in [0.15, 0.2) is 24.3 Å². The second-order valence-electron chi connectivity index (χ2n) is 7.17. The molecule has 1 amide bonds. The first kappa shape index (κ1) is 25.0. The molecule has 178 valence electrons. The predicted molar refractivity (Wildman–Crippen MR) is 108 cm³/mol. The number of imidazole rings is 1. The number of benzene rings is 1. The van der Waals surface area contributed by atoms with Crippen LogP contribution in [0.2, 0.25) is 5.02 Å². The highest BCUT2D eigenvalue weighted by Crippen LogP contribution is 2.37. The number of carbonyl (C=O) groups excluding carboxylic acids is 1. The van der Waals surface area contributed by atoms with Gasteiger partial charge < -0.3 is 5.32 Å². The summed E-state index contributed by atoms with van der Waals surface area (Å²) in [6, 6.07) is 1.09. The van der Waals surface area contributed by atoms with Gasteiger partial charge in [0.25, 0.3) is 0 Å². The van der Waals surface area contributed by atoms with E-state index in [9.17, 15) is 35.5 Å². The minimum Gasteiger partial charge on any atom is -0.341 e. The fraction of sp³-hybridized carbons (Fsp3) is 0.316. The number of fused-ring (bicyclic) bond motifs is 1. The molecule has 1 aromatic carbocycles. The van der Waals surface area contributed by atoms with Crippen LogP contribution in [0.5, 0.6) is 0 Å². The number of rotatable bonds is 5. The van der Waals surface area contributed by atoms with Gasteiger partial charge in [0.15, 0.2) is 0 Å². The summed E-state index contributed by atoms with van der Waals surface area (Å²) in [6.07, 6.45) is -7.78. The number of nitrogens with zero attached hydrogens (tertiary/aromatic N) is 3. The SMILES string of the molecule is CC(C)C(NC(=O)/C=C/c1c(-c2ccc(F)cc2Cl)nc2sc(C(F)(F)F)nn12)C(F)(F)F. The van der Waals surface area contributed by atoms with Crippen LogP contribution in [0, 0.1) is 11.7 Å². The number of alkyl halides is 6. The van der Waals surface area contributed by atoms with Crippen molar-refractivity contribution in [2.24, 2.45) is 5.92 Å². The van der Waals surface area contributed by atoms with E-state index in [4.69, 9.17) is 11.6 Å². The van der Waals surface area contributed by atoms with Crippen molar-refractivity contribution in [3.8, 4) is 11.3 Å². The molecule has 3 rings (SSSR count). The Bertz CT molecular complexity index is 1210. The highest BCUT2D eigenvalue weighted by molar-refractivity contribution is 7.16. The number of hydrogen-bond acceptors (Lipinski definition) is 4. The van der Waals surface area contributed by atoms with Gasteiger partial charge in [-0.3, -0.25) is 4.79 Å². The fourth-order valence-electron chi connectivity index (χ4n) is 2.89. The molecule has 1 N–H and O–H groups in total. The monoisotopic (exact) mass is 514 g/mol. The third-order valence-corrected chi connectivity index (χ3v) is 5.64. The molecule has 0 saturated carbocycles. The second-order valence-corrected chi connectivity index (χ2v) is 8.54. The van der Waals surface area contributed by atoms with Gasteiger partial charge in [0.05, 0.1) is 10.7 Å². The maximum absolute atomic E-state index is 13.4. The summed E-state index contributed by atoms with van der Waals surface area (Å²) in [4.78, 5) is 16.0. The zero-order chi connectivity index (χ0) is 24.7. The molecule has 0 aliphatic carbocycles. The molecule has 0 fully saturated rings. The van der Waals surface area contributed by atoms with E-state index in [1.165, 1.54) is 19.9 Å². The molecular formula is C19H14ClF7N4OS. The number of aromatic nitrogens is 3. The van der Waals surface area contributed by atoms with Gasteiger partial charge in [0.2, 0.25) is 15.9 Å². The van der Waals surface area contributed by atoms with E-state index >= 15 is 0 Å². The van der Waals surface area contributed by atoms with Gasteiger partial charge in [-0.1, -0.05) is 36.8 Å². The van der Waals surface area contributed by atoms with Crippen LogP contribution in [0.25, 0.3) is 22.3 Å². The Kier molecular flexibility index (Phi) is 6.76. The summed E-state index contributed by atoms with van der Waals surface area (Å²) < 4.78 is 92.8. The van der Waals surface area contributed by atoms with Gasteiger partial charge in [-0.2, -0.15) is 26.3 Å². The molecule has 5 nitrogen and oxygen atoms in total. The lowest BCUT2D eigenvalue weighted by Gasteiger charge is -2.24. The van der Waals surface area contributed by atoms with Crippen molar-refractivity contribution >= 4 is 39.9 Å². The Labute approximate surface area is 190 Å². The molecule has 1 atom stereocenters. The van der Waals surface area contributed by atoms with Crippen molar-refractivity contribution in [3.63, 3.8) is 0 Å². The van der Waals surface area contributed by atoms with Crippen molar-refractivity contribution in [1.29, 1.82) is 0 Å². The Morgan fingerprint density at radius 2 is 1.88 bits per heavy atom. The quantitative estimate of drug-likeness (QED) is 0.336. The van der Waals surface area contributed by atoms with Crippen molar-refractivity contribution in [3.05, 3.63) is 45.8 Å². The first-order valence-corrected chi connectivity index (χ1v) is 10.4. The minimum absolute atomic E-state index is 0.0345. The van der Waals surface area contributed by atoms with Gasteiger partial charge >= 0.3 is 12.4 Å². The number of nitrogens with one attached hydrogen (secondary N) is 1. The van der Waals surface area contributed by atoms with Crippen molar-refractivity contribution in [2.75, 3.05) is 0 Å². The molecule has 3 aromatic rings. The lowest BCUT2D eigenvalue weighted by Crippen LogP contribution is -2.48. The summed E-state index contributed by atoms with van der Waals surface area (Å²) in [5.74, 6) is -2.78. The van der Waals surface area contributed by atoms with Crippen LogP contribution < -0.4 is 5.32 Å². The molecule has 0 aliphatic heterocycles.